The van der Waals surface area contributed by atoms with Gasteiger partial charge in [-0.05, 0) is 6.42 Å². The molecule has 3 heteroatoms. The quantitative estimate of drug-likeness (QED) is 0.112. The second-order valence-electron chi connectivity index (χ2n) is 8.10. The standard InChI is InChI=1S/C24H48O2S/c1-2-3-4-5-6-7-8-9-10-11-12-13-14-15-16-17-18-19-20-21-22-26-24(25)23-27/h27H,2-23H2,1H3. The average Bonchev–Trinajstić information content (AvgIpc) is 2.68. The van der Waals surface area contributed by atoms with Gasteiger partial charge in [-0.1, -0.05) is 129 Å². The number of carbonyl (C=O) groups is 1. The van der Waals surface area contributed by atoms with E-state index in [1.807, 2.05) is 0 Å². The van der Waals surface area contributed by atoms with E-state index in [0.717, 1.165) is 6.42 Å². The van der Waals surface area contributed by atoms with Crippen LogP contribution in [0.1, 0.15) is 135 Å². The largest absolute Gasteiger partial charge is 0.465 e. The van der Waals surface area contributed by atoms with Crippen molar-refractivity contribution >= 4 is 18.6 Å². The normalized spacial score (nSPS) is 11.0. The van der Waals surface area contributed by atoms with Gasteiger partial charge in [-0.25, -0.2) is 0 Å². The molecule has 0 aromatic rings. The van der Waals surface area contributed by atoms with Crippen molar-refractivity contribution in [3.05, 3.63) is 0 Å². The van der Waals surface area contributed by atoms with Crippen LogP contribution in [0.15, 0.2) is 0 Å². The second kappa shape index (κ2) is 23.9. The van der Waals surface area contributed by atoms with Gasteiger partial charge in [0.2, 0.25) is 0 Å². The van der Waals surface area contributed by atoms with Crippen LogP contribution in [0, 0.1) is 0 Å². The van der Waals surface area contributed by atoms with Crippen LogP contribution < -0.4 is 0 Å². The number of carbonyl (C=O) groups excluding carboxylic acids is 1. The van der Waals surface area contributed by atoms with E-state index in [0.29, 0.717) is 6.61 Å². The maximum atomic E-state index is 10.9. The van der Waals surface area contributed by atoms with Crippen LogP contribution in [-0.4, -0.2) is 18.3 Å². The molecule has 162 valence electrons. The lowest BCUT2D eigenvalue weighted by atomic mass is 10.0. The highest BCUT2D eigenvalue weighted by molar-refractivity contribution is 7.81. The van der Waals surface area contributed by atoms with Crippen LogP contribution in [0.25, 0.3) is 0 Å². The third-order valence-electron chi connectivity index (χ3n) is 5.39. The zero-order valence-corrected chi connectivity index (χ0v) is 19.2. The molecule has 0 aromatic carbocycles. The number of ether oxygens (including phenoxy) is 1. The van der Waals surface area contributed by atoms with E-state index in [2.05, 4.69) is 19.6 Å². The summed E-state index contributed by atoms with van der Waals surface area (Å²) in [6.07, 6.45) is 27.7. The molecule has 2 nitrogen and oxygen atoms in total. The molecule has 0 heterocycles. The molecule has 0 aliphatic heterocycles. The Bertz CT molecular complexity index is 294. The Kier molecular flexibility index (Phi) is 23.7. The second-order valence-corrected chi connectivity index (χ2v) is 8.41. The predicted molar refractivity (Wildman–Crippen MR) is 123 cm³/mol. The van der Waals surface area contributed by atoms with Gasteiger partial charge in [-0.3, -0.25) is 4.79 Å². The molecule has 0 aromatic heterocycles. The molecule has 0 saturated carbocycles. The highest BCUT2D eigenvalue weighted by Gasteiger charge is 1.98. The fraction of sp³-hybridized carbons (Fsp3) is 0.958. The van der Waals surface area contributed by atoms with E-state index in [1.54, 1.807) is 0 Å². The first kappa shape index (κ1) is 26.8. The van der Waals surface area contributed by atoms with Gasteiger partial charge in [0.25, 0.3) is 0 Å². The maximum absolute atomic E-state index is 10.9. The summed E-state index contributed by atoms with van der Waals surface area (Å²) in [6, 6.07) is 0. The van der Waals surface area contributed by atoms with Crippen LogP contribution in [0.5, 0.6) is 0 Å². The molecule has 0 saturated heterocycles. The number of thiol groups is 1. The number of rotatable bonds is 22. The molecular weight excluding hydrogens is 352 g/mol. The van der Waals surface area contributed by atoms with Crippen molar-refractivity contribution in [3.8, 4) is 0 Å². The zero-order valence-electron chi connectivity index (χ0n) is 18.3. The molecule has 0 rings (SSSR count). The van der Waals surface area contributed by atoms with Gasteiger partial charge in [0.15, 0.2) is 0 Å². The number of unbranched alkanes of at least 4 members (excludes halogenated alkanes) is 19. The van der Waals surface area contributed by atoms with Crippen molar-refractivity contribution in [2.45, 2.75) is 135 Å². The minimum atomic E-state index is -0.198. The van der Waals surface area contributed by atoms with Crippen molar-refractivity contribution in [2.75, 3.05) is 12.4 Å². The summed E-state index contributed by atoms with van der Waals surface area (Å²) < 4.78 is 5.01. The summed E-state index contributed by atoms with van der Waals surface area (Å²) in [4.78, 5) is 10.9. The first-order chi connectivity index (χ1) is 13.3. The molecule has 0 amide bonds. The fourth-order valence-electron chi connectivity index (χ4n) is 3.59. The molecule has 0 atom stereocenters. The predicted octanol–water partition coefficient (Wildman–Crippen LogP) is 8.28. The molecule has 0 fully saturated rings. The van der Waals surface area contributed by atoms with Gasteiger partial charge in [-0.2, -0.15) is 12.6 Å². The van der Waals surface area contributed by atoms with Crippen molar-refractivity contribution in [2.24, 2.45) is 0 Å². The van der Waals surface area contributed by atoms with Gasteiger partial charge < -0.3 is 4.74 Å². The highest BCUT2D eigenvalue weighted by atomic mass is 32.1. The molecule has 0 bridgehead atoms. The molecule has 0 aliphatic carbocycles. The lowest BCUT2D eigenvalue weighted by molar-refractivity contribution is -0.140. The van der Waals surface area contributed by atoms with Gasteiger partial charge in [0.1, 0.15) is 0 Å². The fourth-order valence-corrected chi connectivity index (χ4v) is 3.68. The van der Waals surface area contributed by atoms with Crippen molar-refractivity contribution in [1.29, 1.82) is 0 Å². The monoisotopic (exact) mass is 400 g/mol. The van der Waals surface area contributed by atoms with E-state index < -0.39 is 0 Å². The smallest absolute Gasteiger partial charge is 0.315 e. The van der Waals surface area contributed by atoms with Crippen LogP contribution in [-0.2, 0) is 9.53 Å². The Morgan fingerprint density at radius 1 is 0.556 bits per heavy atom. The molecule has 0 spiro atoms. The van der Waals surface area contributed by atoms with Crippen molar-refractivity contribution in [1.82, 2.24) is 0 Å². The van der Waals surface area contributed by atoms with E-state index >= 15 is 0 Å². The first-order valence-corrected chi connectivity index (χ1v) is 12.7. The van der Waals surface area contributed by atoms with Crippen LogP contribution in [0.3, 0.4) is 0 Å². The van der Waals surface area contributed by atoms with Gasteiger partial charge >= 0.3 is 5.97 Å². The van der Waals surface area contributed by atoms with Crippen LogP contribution >= 0.6 is 12.6 Å². The topological polar surface area (TPSA) is 26.3 Å². The SMILES string of the molecule is CCCCCCCCCCCCCCCCCCCCCCOC(=O)CS. The lowest BCUT2D eigenvalue weighted by Crippen LogP contribution is -2.06. The minimum Gasteiger partial charge on any atom is -0.465 e. The molecule has 0 aliphatic rings. The van der Waals surface area contributed by atoms with Gasteiger partial charge in [0, 0.05) is 0 Å². The Morgan fingerprint density at radius 3 is 1.15 bits per heavy atom. The summed E-state index contributed by atoms with van der Waals surface area (Å²) in [7, 11) is 0. The summed E-state index contributed by atoms with van der Waals surface area (Å²) >= 11 is 3.89. The summed E-state index contributed by atoms with van der Waals surface area (Å²) in [5, 5.41) is 0. The summed E-state index contributed by atoms with van der Waals surface area (Å²) in [5.41, 5.74) is 0. The Balaban J connectivity index is 3.00. The van der Waals surface area contributed by atoms with Crippen LogP contribution in [0.2, 0.25) is 0 Å². The Morgan fingerprint density at radius 2 is 0.852 bits per heavy atom. The van der Waals surface area contributed by atoms with Gasteiger partial charge in [-0.15, -0.1) is 0 Å². The van der Waals surface area contributed by atoms with E-state index in [-0.39, 0.29) is 11.7 Å². The Hall–Kier alpha value is -0.180. The maximum Gasteiger partial charge on any atom is 0.315 e. The minimum absolute atomic E-state index is 0.194. The molecular formula is C24H48O2S. The Labute approximate surface area is 176 Å². The number of hydrogen-bond donors (Lipinski definition) is 1. The van der Waals surface area contributed by atoms with Crippen LogP contribution in [0.4, 0.5) is 0 Å². The zero-order chi connectivity index (χ0) is 19.8. The highest BCUT2D eigenvalue weighted by Crippen LogP contribution is 2.14. The first-order valence-electron chi connectivity index (χ1n) is 12.1. The van der Waals surface area contributed by atoms with Gasteiger partial charge in [0.05, 0.1) is 12.4 Å². The van der Waals surface area contributed by atoms with E-state index in [1.165, 1.54) is 122 Å². The summed E-state index contributed by atoms with van der Waals surface area (Å²) in [5.74, 6) is -0.00438. The number of esters is 1. The third-order valence-corrected chi connectivity index (χ3v) is 5.65. The molecule has 0 N–H and O–H groups in total. The number of hydrogen-bond acceptors (Lipinski definition) is 3. The lowest BCUT2D eigenvalue weighted by Gasteiger charge is -2.04. The van der Waals surface area contributed by atoms with Crippen molar-refractivity contribution < 1.29 is 9.53 Å². The average molecular weight is 401 g/mol. The molecule has 0 unspecified atom stereocenters. The van der Waals surface area contributed by atoms with Crippen molar-refractivity contribution in [3.63, 3.8) is 0 Å². The third kappa shape index (κ3) is 23.8. The molecule has 27 heavy (non-hydrogen) atoms. The molecule has 0 radical (unpaired) electrons. The summed E-state index contributed by atoms with van der Waals surface area (Å²) in [6.45, 7) is 2.86. The van der Waals surface area contributed by atoms with E-state index in [4.69, 9.17) is 4.74 Å². The van der Waals surface area contributed by atoms with E-state index in [9.17, 15) is 4.79 Å².